The van der Waals surface area contributed by atoms with Crippen LogP contribution in [-0.4, -0.2) is 13.7 Å². The molecule has 1 unspecified atom stereocenters. The molecule has 0 radical (unpaired) electrons. The van der Waals surface area contributed by atoms with Crippen molar-refractivity contribution in [1.82, 2.24) is 5.32 Å². The van der Waals surface area contributed by atoms with Gasteiger partial charge in [0.25, 0.3) is 0 Å². The Hall–Kier alpha value is -1.51. The number of methoxy groups -OCH3 is 1. The summed E-state index contributed by atoms with van der Waals surface area (Å²) in [5.74, 6) is 0.914. The van der Waals surface area contributed by atoms with E-state index in [4.69, 9.17) is 16.3 Å². The SMILES string of the molecule is CCNC(c1ccc(OC)c(C)c1)c1cccc(Cl)c1C. The lowest BCUT2D eigenvalue weighted by Crippen LogP contribution is -2.23. The number of rotatable bonds is 5. The van der Waals surface area contributed by atoms with Crippen LogP contribution in [0.2, 0.25) is 5.02 Å². The Bertz CT molecular complexity index is 625. The summed E-state index contributed by atoms with van der Waals surface area (Å²) < 4.78 is 5.35. The second kappa shape index (κ2) is 6.97. The Morgan fingerprint density at radius 3 is 2.57 bits per heavy atom. The minimum Gasteiger partial charge on any atom is -0.496 e. The molecule has 0 saturated heterocycles. The third kappa shape index (κ3) is 3.39. The number of nitrogens with one attached hydrogen (secondary N) is 1. The molecule has 0 saturated carbocycles. The van der Waals surface area contributed by atoms with Crippen LogP contribution in [0, 0.1) is 13.8 Å². The van der Waals surface area contributed by atoms with Gasteiger partial charge < -0.3 is 10.1 Å². The summed E-state index contributed by atoms with van der Waals surface area (Å²) in [4.78, 5) is 0. The molecule has 0 aliphatic heterocycles. The fourth-order valence-corrected chi connectivity index (χ4v) is 2.81. The van der Waals surface area contributed by atoms with E-state index in [0.29, 0.717) is 0 Å². The third-order valence-electron chi connectivity index (χ3n) is 3.78. The molecule has 1 N–H and O–H groups in total. The maximum atomic E-state index is 6.28. The largest absolute Gasteiger partial charge is 0.496 e. The first-order valence-corrected chi connectivity index (χ1v) is 7.59. The molecule has 0 fully saturated rings. The molecule has 112 valence electrons. The molecule has 0 aliphatic carbocycles. The van der Waals surface area contributed by atoms with Gasteiger partial charge in [-0.2, -0.15) is 0 Å². The fraction of sp³-hybridized carbons (Fsp3) is 0.333. The predicted octanol–water partition coefficient (Wildman–Crippen LogP) is 4.66. The summed E-state index contributed by atoms with van der Waals surface area (Å²) in [5.41, 5.74) is 4.70. The van der Waals surface area contributed by atoms with Crippen LogP contribution >= 0.6 is 11.6 Å². The van der Waals surface area contributed by atoms with Crippen molar-refractivity contribution in [3.05, 3.63) is 63.7 Å². The second-order valence-corrected chi connectivity index (χ2v) is 5.58. The average molecular weight is 304 g/mol. The van der Waals surface area contributed by atoms with Gasteiger partial charge in [0.15, 0.2) is 0 Å². The van der Waals surface area contributed by atoms with Gasteiger partial charge in [-0.05, 0) is 54.8 Å². The van der Waals surface area contributed by atoms with E-state index in [1.165, 1.54) is 11.1 Å². The minimum absolute atomic E-state index is 0.137. The molecule has 3 heteroatoms. The van der Waals surface area contributed by atoms with Crippen LogP contribution in [0.15, 0.2) is 36.4 Å². The molecular formula is C18H22ClNO. The van der Waals surface area contributed by atoms with E-state index < -0.39 is 0 Å². The number of aryl methyl sites for hydroxylation is 1. The molecule has 2 aromatic carbocycles. The molecule has 2 nitrogen and oxygen atoms in total. The molecule has 0 bridgehead atoms. The van der Waals surface area contributed by atoms with Crippen molar-refractivity contribution in [2.24, 2.45) is 0 Å². The van der Waals surface area contributed by atoms with Gasteiger partial charge >= 0.3 is 0 Å². The van der Waals surface area contributed by atoms with E-state index in [-0.39, 0.29) is 6.04 Å². The van der Waals surface area contributed by atoms with Crippen LogP contribution in [-0.2, 0) is 0 Å². The molecular weight excluding hydrogens is 282 g/mol. The zero-order valence-corrected chi connectivity index (χ0v) is 13.8. The first-order chi connectivity index (χ1) is 10.1. The molecule has 1 atom stereocenters. The monoisotopic (exact) mass is 303 g/mol. The molecule has 0 amide bonds. The van der Waals surface area contributed by atoms with Crippen LogP contribution < -0.4 is 10.1 Å². The highest BCUT2D eigenvalue weighted by Gasteiger charge is 2.17. The topological polar surface area (TPSA) is 21.3 Å². The van der Waals surface area contributed by atoms with Crippen molar-refractivity contribution >= 4 is 11.6 Å². The van der Waals surface area contributed by atoms with Gasteiger partial charge in [0.2, 0.25) is 0 Å². The van der Waals surface area contributed by atoms with Crippen LogP contribution in [0.25, 0.3) is 0 Å². The zero-order valence-electron chi connectivity index (χ0n) is 13.0. The lowest BCUT2D eigenvalue weighted by Gasteiger charge is -2.22. The lowest BCUT2D eigenvalue weighted by molar-refractivity contribution is 0.411. The predicted molar refractivity (Wildman–Crippen MR) is 89.4 cm³/mol. The van der Waals surface area contributed by atoms with Crippen molar-refractivity contribution in [2.75, 3.05) is 13.7 Å². The summed E-state index contributed by atoms with van der Waals surface area (Å²) in [6.45, 7) is 7.14. The Balaban J connectivity index is 2.48. The van der Waals surface area contributed by atoms with Gasteiger partial charge in [0, 0.05) is 5.02 Å². The molecule has 0 spiro atoms. The smallest absolute Gasteiger partial charge is 0.121 e. The first-order valence-electron chi connectivity index (χ1n) is 7.21. The summed E-state index contributed by atoms with van der Waals surface area (Å²) >= 11 is 6.28. The van der Waals surface area contributed by atoms with Gasteiger partial charge in [0.05, 0.1) is 13.2 Å². The van der Waals surface area contributed by atoms with Crippen molar-refractivity contribution < 1.29 is 4.74 Å². The summed E-state index contributed by atoms with van der Waals surface area (Å²) in [7, 11) is 1.70. The molecule has 0 aromatic heterocycles. The molecule has 0 heterocycles. The standard InChI is InChI=1S/C18H22ClNO/c1-5-20-18(15-7-6-8-16(19)13(15)3)14-9-10-17(21-4)12(2)11-14/h6-11,18,20H,5H2,1-4H3. The third-order valence-corrected chi connectivity index (χ3v) is 4.19. The number of halogens is 1. The molecule has 0 aliphatic rings. The lowest BCUT2D eigenvalue weighted by atomic mass is 9.93. The van der Waals surface area contributed by atoms with Crippen molar-refractivity contribution in [3.63, 3.8) is 0 Å². The molecule has 2 rings (SSSR count). The highest BCUT2D eigenvalue weighted by Crippen LogP contribution is 2.31. The highest BCUT2D eigenvalue weighted by atomic mass is 35.5. The summed E-state index contributed by atoms with van der Waals surface area (Å²) in [6, 6.07) is 12.5. The number of hydrogen-bond donors (Lipinski definition) is 1. The van der Waals surface area contributed by atoms with Gasteiger partial charge in [-0.1, -0.05) is 42.8 Å². The average Bonchev–Trinajstić information content (AvgIpc) is 2.48. The van der Waals surface area contributed by atoms with Gasteiger partial charge in [-0.15, -0.1) is 0 Å². The van der Waals surface area contributed by atoms with E-state index in [1.54, 1.807) is 7.11 Å². The van der Waals surface area contributed by atoms with Gasteiger partial charge in [-0.25, -0.2) is 0 Å². The normalized spacial score (nSPS) is 12.2. The van der Waals surface area contributed by atoms with Crippen LogP contribution in [0.4, 0.5) is 0 Å². The fourth-order valence-electron chi connectivity index (χ4n) is 2.63. The summed E-state index contributed by atoms with van der Waals surface area (Å²) in [6.07, 6.45) is 0. The zero-order chi connectivity index (χ0) is 15.4. The quantitative estimate of drug-likeness (QED) is 0.867. The van der Waals surface area contributed by atoms with E-state index >= 15 is 0 Å². The Kier molecular flexibility index (Phi) is 5.27. The maximum Gasteiger partial charge on any atom is 0.121 e. The van der Waals surface area contributed by atoms with E-state index in [9.17, 15) is 0 Å². The van der Waals surface area contributed by atoms with Crippen LogP contribution in [0.1, 0.15) is 35.2 Å². The van der Waals surface area contributed by atoms with Crippen LogP contribution in [0.3, 0.4) is 0 Å². The Labute approximate surface area is 132 Å². The van der Waals surface area contributed by atoms with Crippen LogP contribution in [0.5, 0.6) is 5.75 Å². The number of ether oxygens (including phenoxy) is 1. The number of benzene rings is 2. The Morgan fingerprint density at radius 1 is 1.19 bits per heavy atom. The maximum absolute atomic E-state index is 6.28. The Morgan fingerprint density at radius 2 is 1.95 bits per heavy atom. The van der Waals surface area contributed by atoms with E-state index in [0.717, 1.165) is 28.4 Å². The summed E-state index contributed by atoms with van der Waals surface area (Å²) in [5, 5.41) is 4.35. The van der Waals surface area contributed by atoms with E-state index in [1.807, 2.05) is 18.2 Å². The van der Waals surface area contributed by atoms with E-state index in [2.05, 4.69) is 44.3 Å². The van der Waals surface area contributed by atoms with Crippen molar-refractivity contribution in [3.8, 4) is 5.75 Å². The minimum atomic E-state index is 0.137. The molecule has 21 heavy (non-hydrogen) atoms. The van der Waals surface area contributed by atoms with Gasteiger partial charge in [0.1, 0.15) is 5.75 Å². The first kappa shape index (κ1) is 15.9. The highest BCUT2D eigenvalue weighted by molar-refractivity contribution is 6.31. The van der Waals surface area contributed by atoms with Crippen molar-refractivity contribution in [1.29, 1.82) is 0 Å². The van der Waals surface area contributed by atoms with Gasteiger partial charge in [-0.3, -0.25) is 0 Å². The number of hydrogen-bond acceptors (Lipinski definition) is 2. The molecule has 2 aromatic rings. The van der Waals surface area contributed by atoms with Crippen molar-refractivity contribution in [2.45, 2.75) is 26.8 Å². The second-order valence-electron chi connectivity index (χ2n) is 5.17.